The van der Waals surface area contributed by atoms with Gasteiger partial charge in [-0.25, -0.2) is 4.98 Å². The summed E-state index contributed by atoms with van der Waals surface area (Å²) in [7, 11) is 0. The van der Waals surface area contributed by atoms with Crippen LogP contribution in [-0.4, -0.2) is 24.3 Å². The van der Waals surface area contributed by atoms with Gasteiger partial charge in [-0.15, -0.1) is 0 Å². The lowest BCUT2D eigenvalue weighted by Crippen LogP contribution is -2.35. The van der Waals surface area contributed by atoms with Crippen molar-refractivity contribution in [1.29, 1.82) is 0 Å². The van der Waals surface area contributed by atoms with E-state index in [0.717, 1.165) is 5.56 Å². The highest BCUT2D eigenvalue weighted by molar-refractivity contribution is 5.93. The van der Waals surface area contributed by atoms with Gasteiger partial charge in [0, 0.05) is 12.3 Å². The lowest BCUT2D eigenvalue weighted by molar-refractivity contribution is -0.120. The molecule has 0 fully saturated rings. The maximum atomic E-state index is 12.9. The highest BCUT2D eigenvalue weighted by Crippen LogP contribution is 2.35. The average Bonchev–Trinajstić information content (AvgIpc) is 3.19. The fourth-order valence-electron chi connectivity index (χ4n) is 2.77. The van der Waals surface area contributed by atoms with Gasteiger partial charge < -0.3 is 14.2 Å². The number of rotatable bonds is 6. The average molecular weight is 362 g/mol. The topological polar surface area (TPSA) is 60.9 Å². The molecule has 1 amide bonds. The SMILES string of the molecule is O=C(COc1ccc2c(c1)OCO2)N(Cc1ccccc1)c1ccccn1. The van der Waals surface area contributed by atoms with E-state index in [1.165, 1.54) is 0 Å². The minimum Gasteiger partial charge on any atom is -0.484 e. The van der Waals surface area contributed by atoms with Gasteiger partial charge in [-0.1, -0.05) is 36.4 Å². The molecule has 1 aliphatic heterocycles. The third kappa shape index (κ3) is 4.00. The molecule has 0 spiro atoms. The summed E-state index contributed by atoms with van der Waals surface area (Å²) < 4.78 is 16.3. The molecule has 0 N–H and O–H groups in total. The summed E-state index contributed by atoms with van der Waals surface area (Å²) >= 11 is 0. The largest absolute Gasteiger partial charge is 0.484 e. The van der Waals surface area contributed by atoms with Gasteiger partial charge in [0.2, 0.25) is 6.79 Å². The van der Waals surface area contributed by atoms with Gasteiger partial charge in [-0.05, 0) is 29.8 Å². The molecule has 3 aromatic rings. The first-order valence-electron chi connectivity index (χ1n) is 8.57. The molecule has 136 valence electrons. The molecule has 27 heavy (non-hydrogen) atoms. The maximum Gasteiger partial charge on any atom is 0.266 e. The number of ether oxygens (including phenoxy) is 3. The van der Waals surface area contributed by atoms with E-state index in [0.29, 0.717) is 29.6 Å². The molecule has 0 saturated carbocycles. The van der Waals surface area contributed by atoms with Crippen molar-refractivity contribution in [2.45, 2.75) is 6.54 Å². The molecule has 6 heteroatoms. The number of fused-ring (bicyclic) bond motifs is 1. The first-order chi connectivity index (χ1) is 13.3. The van der Waals surface area contributed by atoms with Crippen molar-refractivity contribution in [3.8, 4) is 17.2 Å². The smallest absolute Gasteiger partial charge is 0.266 e. The molecule has 2 heterocycles. The van der Waals surface area contributed by atoms with Gasteiger partial charge in [-0.3, -0.25) is 9.69 Å². The Labute approximate surface area is 156 Å². The molecule has 0 aliphatic carbocycles. The first-order valence-corrected chi connectivity index (χ1v) is 8.57. The van der Waals surface area contributed by atoms with Crippen LogP contribution >= 0.6 is 0 Å². The van der Waals surface area contributed by atoms with Gasteiger partial charge in [0.25, 0.3) is 5.91 Å². The zero-order chi connectivity index (χ0) is 18.5. The normalized spacial score (nSPS) is 11.9. The van der Waals surface area contributed by atoms with Gasteiger partial charge in [0.1, 0.15) is 11.6 Å². The molecule has 1 aliphatic rings. The summed E-state index contributed by atoms with van der Waals surface area (Å²) in [6, 6.07) is 20.5. The molecule has 1 aromatic heterocycles. The fraction of sp³-hybridized carbons (Fsp3) is 0.143. The highest BCUT2D eigenvalue weighted by atomic mass is 16.7. The molecule has 0 unspecified atom stereocenters. The number of carbonyl (C=O) groups excluding carboxylic acids is 1. The van der Waals surface area contributed by atoms with Gasteiger partial charge in [0.15, 0.2) is 18.1 Å². The Morgan fingerprint density at radius 3 is 2.63 bits per heavy atom. The zero-order valence-electron chi connectivity index (χ0n) is 14.6. The van der Waals surface area contributed by atoms with Crippen LogP contribution in [0.15, 0.2) is 72.9 Å². The van der Waals surface area contributed by atoms with Crippen molar-refractivity contribution in [2.75, 3.05) is 18.3 Å². The Balaban J connectivity index is 1.48. The van der Waals surface area contributed by atoms with Gasteiger partial charge in [-0.2, -0.15) is 0 Å². The van der Waals surface area contributed by atoms with E-state index in [9.17, 15) is 4.79 Å². The van der Waals surface area contributed by atoms with E-state index in [-0.39, 0.29) is 19.3 Å². The summed E-state index contributed by atoms with van der Waals surface area (Å²) in [5, 5.41) is 0. The number of hydrogen-bond acceptors (Lipinski definition) is 5. The lowest BCUT2D eigenvalue weighted by Gasteiger charge is -2.22. The lowest BCUT2D eigenvalue weighted by atomic mass is 10.2. The van der Waals surface area contributed by atoms with Crippen LogP contribution in [0.5, 0.6) is 17.2 Å². The molecule has 2 aromatic carbocycles. The number of hydrogen-bond donors (Lipinski definition) is 0. The Morgan fingerprint density at radius 2 is 1.81 bits per heavy atom. The molecular formula is C21H18N2O4. The van der Waals surface area contributed by atoms with Gasteiger partial charge in [0.05, 0.1) is 6.54 Å². The third-order valence-corrected chi connectivity index (χ3v) is 4.12. The Morgan fingerprint density at radius 1 is 1.00 bits per heavy atom. The second kappa shape index (κ2) is 7.78. The summed E-state index contributed by atoms with van der Waals surface area (Å²) in [6.07, 6.45) is 1.67. The standard InChI is InChI=1S/C21H18N2O4/c24-21(14-25-17-9-10-18-19(12-17)27-15-26-18)23(20-8-4-5-11-22-20)13-16-6-2-1-3-7-16/h1-12H,13-15H2. The minimum atomic E-state index is -0.185. The summed E-state index contributed by atoms with van der Waals surface area (Å²) in [6.45, 7) is 0.506. The molecular weight excluding hydrogens is 344 g/mol. The molecule has 0 bridgehead atoms. The molecule has 6 nitrogen and oxygen atoms in total. The summed E-state index contributed by atoms with van der Waals surface area (Å²) in [5.74, 6) is 2.24. The van der Waals surface area contributed by atoms with Crippen molar-refractivity contribution < 1.29 is 19.0 Å². The van der Waals surface area contributed by atoms with Crippen LogP contribution in [0.25, 0.3) is 0 Å². The predicted octanol–water partition coefficient (Wildman–Crippen LogP) is 3.42. The van der Waals surface area contributed by atoms with Crippen LogP contribution in [0.1, 0.15) is 5.56 Å². The van der Waals surface area contributed by atoms with Crippen LogP contribution < -0.4 is 19.1 Å². The van der Waals surface area contributed by atoms with Crippen molar-refractivity contribution in [3.05, 3.63) is 78.5 Å². The van der Waals surface area contributed by atoms with E-state index >= 15 is 0 Å². The van der Waals surface area contributed by atoms with E-state index in [1.54, 1.807) is 35.4 Å². The van der Waals surface area contributed by atoms with Crippen molar-refractivity contribution in [2.24, 2.45) is 0 Å². The number of benzene rings is 2. The highest BCUT2D eigenvalue weighted by Gasteiger charge is 2.19. The second-order valence-electron chi connectivity index (χ2n) is 5.96. The molecule has 0 atom stereocenters. The summed E-state index contributed by atoms with van der Waals surface area (Å²) in [4.78, 5) is 18.8. The van der Waals surface area contributed by atoms with Crippen molar-refractivity contribution in [3.63, 3.8) is 0 Å². The van der Waals surface area contributed by atoms with E-state index in [4.69, 9.17) is 14.2 Å². The Bertz CT molecular complexity index is 916. The second-order valence-corrected chi connectivity index (χ2v) is 5.96. The van der Waals surface area contributed by atoms with E-state index < -0.39 is 0 Å². The Kier molecular flexibility index (Phi) is 4.87. The maximum absolute atomic E-state index is 12.9. The Hall–Kier alpha value is -3.54. The number of pyridine rings is 1. The van der Waals surface area contributed by atoms with Crippen LogP contribution in [0.3, 0.4) is 0 Å². The number of amides is 1. The third-order valence-electron chi connectivity index (χ3n) is 4.12. The molecule has 0 radical (unpaired) electrons. The van der Waals surface area contributed by atoms with Crippen molar-refractivity contribution >= 4 is 11.7 Å². The zero-order valence-corrected chi connectivity index (χ0v) is 14.6. The minimum absolute atomic E-state index is 0.108. The van der Waals surface area contributed by atoms with Gasteiger partial charge >= 0.3 is 0 Å². The first kappa shape index (κ1) is 16.9. The predicted molar refractivity (Wildman–Crippen MR) is 99.9 cm³/mol. The van der Waals surface area contributed by atoms with E-state index in [2.05, 4.69) is 4.98 Å². The number of nitrogens with zero attached hydrogens (tertiary/aromatic N) is 2. The van der Waals surface area contributed by atoms with Crippen LogP contribution in [-0.2, 0) is 11.3 Å². The quantitative estimate of drug-likeness (QED) is 0.672. The number of anilines is 1. The fourth-order valence-corrected chi connectivity index (χ4v) is 2.77. The van der Waals surface area contributed by atoms with Crippen molar-refractivity contribution in [1.82, 2.24) is 4.98 Å². The number of aromatic nitrogens is 1. The van der Waals surface area contributed by atoms with Crippen LogP contribution in [0.4, 0.5) is 5.82 Å². The van der Waals surface area contributed by atoms with Crippen LogP contribution in [0, 0.1) is 0 Å². The molecule has 4 rings (SSSR count). The molecule has 0 saturated heterocycles. The monoisotopic (exact) mass is 362 g/mol. The summed E-state index contributed by atoms with van der Waals surface area (Å²) in [5.41, 5.74) is 1.01. The van der Waals surface area contributed by atoms with E-state index in [1.807, 2.05) is 42.5 Å². The van der Waals surface area contributed by atoms with Crippen LogP contribution in [0.2, 0.25) is 0 Å². The number of carbonyl (C=O) groups is 1.